The average Bonchev–Trinajstić information content (AvgIpc) is 3.43. The van der Waals surface area contributed by atoms with E-state index in [0.717, 1.165) is 51.4 Å². The summed E-state index contributed by atoms with van der Waals surface area (Å²) in [5.41, 5.74) is 0. The van der Waals surface area contributed by atoms with Gasteiger partial charge in [-0.25, -0.2) is 0 Å². The zero-order valence-electron chi connectivity index (χ0n) is 54.9. The van der Waals surface area contributed by atoms with Crippen LogP contribution in [0.4, 0.5) is 0 Å². The molecule has 81 heavy (non-hydrogen) atoms. The van der Waals surface area contributed by atoms with Crippen molar-refractivity contribution >= 4 is 23.9 Å². The SMILES string of the molecule is CCCCCCCCCCCCCCCCCC(=O)[O-].CCCCCCCCCCCCCCCCCC(=O)[O-].CCCCCCCCCCCCCCCCCC(=O)[O-].CCCCCCCCCCCCCCCCCC(=O)[O-].[W+4]. The van der Waals surface area contributed by atoms with Gasteiger partial charge in [0.1, 0.15) is 0 Å². The van der Waals surface area contributed by atoms with Gasteiger partial charge in [-0.05, 0) is 51.4 Å². The summed E-state index contributed by atoms with van der Waals surface area (Å²) in [7, 11) is 0. The predicted molar refractivity (Wildman–Crippen MR) is 338 cm³/mol. The maximum absolute atomic E-state index is 10.2. The minimum absolute atomic E-state index is 0. The second kappa shape index (κ2) is 85.0. The Bertz CT molecular complexity index is 990. The summed E-state index contributed by atoms with van der Waals surface area (Å²) in [6.07, 6.45) is 79.4. The molecule has 0 bridgehead atoms. The Morgan fingerprint density at radius 1 is 0.160 bits per heavy atom. The molecule has 8 nitrogen and oxygen atoms in total. The van der Waals surface area contributed by atoms with Gasteiger partial charge in [-0.15, -0.1) is 0 Å². The maximum Gasteiger partial charge on any atom is 4.00 e. The summed E-state index contributed by atoms with van der Waals surface area (Å²) in [5.74, 6) is -3.61. The van der Waals surface area contributed by atoms with Gasteiger partial charge in [0.2, 0.25) is 0 Å². The number of carboxylic acids is 4. The normalized spacial score (nSPS) is 10.7. The fraction of sp³-hybridized carbons (Fsp3) is 0.944. The zero-order valence-corrected chi connectivity index (χ0v) is 57.9. The van der Waals surface area contributed by atoms with Crippen LogP contribution in [-0.2, 0) is 40.2 Å². The fourth-order valence-corrected chi connectivity index (χ4v) is 10.6. The van der Waals surface area contributed by atoms with Crippen molar-refractivity contribution in [3.05, 3.63) is 0 Å². The quantitative estimate of drug-likeness (QED) is 0.0544. The third kappa shape index (κ3) is 104. The van der Waals surface area contributed by atoms with Crippen LogP contribution in [0.1, 0.15) is 439 Å². The van der Waals surface area contributed by atoms with Crippen molar-refractivity contribution in [3.63, 3.8) is 0 Å². The van der Waals surface area contributed by atoms with Gasteiger partial charge in [0.05, 0.1) is 0 Å². The van der Waals surface area contributed by atoms with Crippen LogP contribution in [0.15, 0.2) is 0 Å². The molecule has 0 unspecified atom stereocenters. The first-order valence-corrected chi connectivity index (χ1v) is 35.9. The molecule has 0 aliphatic rings. The molecule has 0 saturated carbocycles. The number of hydrogen-bond acceptors (Lipinski definition) is 8. The van der Waals surface area contributed by atoms with Gasteiger partial charge in [0, 0.05) is 23.9 Å². The van der Waals surface area contributed by atoms with Crippen LogP contribution in [0.2, 0.25) is 0 Å². The second-order valence-corrected chi connectivity index (χ2v) is 24.3. The number of aliphatic carboxylic acids is 4. The van der Waals surface area contributed by atoms with Crippen molar-refractivity contribution in [2.45, 2.75) is 439 Å². The Hall–Kier alpha value is -1.43. The third-order valence-electron chi connectivity index (χ3n) is 15.9. The Kier molecular flexibility index (Phi) is 92.7. The molecule has 0 N–H and O–H groups in total. The second-order valence-electron chi connectivity index (χ2n) is 24.3. The van der Waals surface area contributed by atoms with Gasteiger partial charge in [-0.3, -0.25) is 0 Å². The van der Waals surface area contributed by atoms with Crippen LogP contribution in [0.3, 0.4) is 0 Å². The van der Waals surface area contributed by atoms with Crippen LogP contribution in [-0.4, -0.2) is 23.9 Å². The number of rotatable bonds is 64. The van der Waals surface area contributed by atoms with Crippen LogP contribution >= 0.6 is 0 Å². The fourth-order valence-electron chi connectivity index (χ4n) is 10.6. The van der Waals surface area contributed by atoms with E-state index in [4.69, 9.17) is 0 Å². The number of carbonyl (C=O) groups excluding carboxylic acids is 4. The van der Waals surface area contributed by atoms with Crippen molar-refractivity contribution in [2.75, 3.05) is 0 Å². The van der Waals surface area contributed by atoms with Crippen LogP contribution < -0.4 is 20.4 Å². The molecule has 0 amide bonds. The van der Waals surface area contributed by atoms with Gasteiger partial charge in [0.25, 0.3) is 0 Å². The summed E-state index contributed by atoms with van der Waals surface area (Å²) in [5, 5.41) is 40.9. The molecule has 0 aliphatic carbocycles. The molecule has 0 aromatic rings. The first kappa shape index (κ1) is 88.3. The summed E-state index contributed by atoms with van der Waals surface area (Å²) < 4.78 is 0. The van der Waals surface area contributed by atoms with E-state index in [1.807, 2.05) is 0 Å². The number of unbranched alkanes of at least 4 members (excludes halogenated alkanes) is 56. The molecular formula is C72H140O8W. The maximum atomic E-state index is 10.2. The van der Waals surface area contributed by atoms with Crippen molar-refractivity contribution in [2.24, 2.45) is 0 Å². The van der Waals surface area contributed by atoms with E-state index < -0.39 is 23.9 Å². The topological polar surface area (TPSA) is 161 Å². The zero-order chi connectivity index (χ0) is 59.6. The van der Waals surface area contributed by atoms with E-state index in [0.29, 0.717) is 0 Å². The van der Waals surface area contributed by atoms with Crippen LogP contribution in [0.25, 0.3) is 0 Å². The molecule has 0 heterocycles. The van der Waals surface area contributed by atoms with Crippen molar-refractivity contribution in [1.82, 2.24) is 0 Å². The molecule has 0 spiro atoms. The molecular weight excluding hydrogens is 1180 g/mol. The summed E-state index contributed by atoms with van der Waals surface area (Å²) >= 11 is 0. The molecule has 0 aromatic heterocycles. The third-order valence-corrected chi connectivity index (χ3v) is 15.9. The van der Waals surface area contributed by atoms with Crippen LogP contribution in [0.5, 0.6) is 0 Å². The smallest absolute Gasteiger partial charge is 0.550 e. The molecule has 0 fully saturated rings. The van der Waals surface area contributed by atoms with Crippen molar-refractivity contribution in [3.8, 4) is 0 Å². The van der Waals surface area contributed by atoms with E-state index >= 15 is 0 Å². The van der Waals surface area contributed by atoms with E-state index in [2.05, 4.69) is 27.7 Å². The Labute approximate surface area is 520 Å². The van der Waals surface area contributed by atoms with Gasteiger partial charge < -0.3 is 39.6 Å². The Morgan fingerprint density at radius 3 is 0.309 bits per heavy atom. The molecule has 0 atom stereocenters. The predicted octanol–water partition coefficient (Wildman–Crippen LogP) is 20.0. The Morgan fingerprint density at radius 2 is 0.235 bits per heavy atom. The molecule has 0 aromatic carbocycles. The summed E-state index contributed by atoms with van der Waals surface area (Å²) in [6.45, 7) is 9.07. The summed E-state index contributed by atoms with van der Waals surface area (Å²) in [4.78, 5) is 40.9. The minimum atomic E-state index is -0.903. The molecule has 482 valence electrons. The first-order valence-electron chi connectivity index (χ1n) is 35.9. The minimum Gasteiger partial charge on any atom is -0.550 e. The Balaban J connectivity index is -0.000000316. The summed E-state index contributed by atoms with van der Waals surface area (Å²) in [6, 6.07) is 0. The van der Waals surface area contributed by atoms with E-state index in [1.165, 1.54) is 334 Å². The molecule has 0 radical (unpaired) electrons. The van der Waals surface area contributed by atoms with Crippen molar-refractivity contribution in [1.29, 1.82) is 0 Å². The molecule has 0 rings (SSSR count). The number of carboxylic acid groups (broad SMARTS) is 4. The van der Waals surface area contributed by atoms with Gasteiger partial charge in [-0.2, -0.15) is 0 Å². The number of hydrogen-bond donors (Lipinski definition) is 0. The number of carbonyl (C=O) groups is 4. The molecule has 0 aliphatic heterocycles. The van der Waals surface area contributed by atoms with Crippen molar-refractivity contribution < 1.29 is 60.7 Å². The van der Waals surface area contributed by atoms with Gasteiger partial charge in [-0.1, -0.05) is 387 Å². The van der Waals surface area contributed by atoms with Crippen LogP contribution in [0, 0.1) is 0 Å². The molecule has 0 saturated heterocycles. The standard InChI is InChI=1S/4C18H36O2.W/c4*1-2-3-4-5-6-7-8-9-10-11-12-13-14-15-16-17-18(19)20;/h4*2-17H2,1H3,(H,19,20);/q;;;;+4/p-4. The van der Waals surface area contributed by atoms with E-state index in [1.54, 1.807) is 0 Å². The van der Waals surface area contributed by atoms with E-state index in [-0.39, 0.29) is 46.7 Å². The van der Waals surface area contributed by atoms with Gasteiger partial charge >= 0.3 is 21.1 Å². The first-order chi connectivity index (χ1) is 39.1. The largest absolute Gasteiger partial charge is 4.00 e. The van der Waals surface area contributed by atoms with Gasteiger partial charge in [0.15, 0.2) is 0 Å². The van der Waals surface area contributed by atoms with E-state index in [9.17, 15) is 39.6 Å². The average molecular weight is 1320 g/mol. The molecule has 9 heteroatoms. The monoisotopic (exact) mass is 1320 g/mol.